The number of hydrogen-bond acceptors (Lipinski definition) is 5. The molecule has 3 heterocycles. The summed E-state index contributed by atoms with van der Waals surface area (Å²) < 4.78 is 11.1. The summed E-state index contributed by atoms with van der Waals surface area (Å²) in [5.41, 5.74) is 8.22. The van der Waals surface area contributed by atoms with Crippen LogP contribution in [0.4, 0.5) is 5.82 Å². The molecule has 0 radical (unpaired) electrons. The lowest BCUT2D eigenvalue weighted by molar-refractivity contribution is 0.172. The third-order valence-electron chi connectivity index (χ3n) is 3.07. The van der Waals surface area contributed by atoms with Crippen LogP contribution in [0.1, 0.15) is 0 Å². The number of hydrogen-bond donors (Lipinski definition) is 3. The van der Waals surface area contributed by atoms with Gasteiger partial charge in [-0.05, 0) is 0 Å². The van der Waals surface area contributed by atoms with Crippen LogP contribution in [0.3, 0.4) is 0 Å². The van der Waals surface area contributed by atoms with Crippen molar-refractivity contribution in [2.24, 2.45) is 0 Å². The molecule has 0 saturated carbocycles. The van der Waals surface area contributed by atoms with Crippen LogP contribution in [0.2, 0.25) is 0 Å². The average Bonchev–Trinajstić information content (AvgIpc) is 3.01. The minimum Gasteiger partial charge on any atom is -0.486 e. The molecule has 7 nitrogen and oxygen atoms in total. The second kappa shape index (κ2) is 3.64. The number of aromatic amines is 2. The quantitative estimate of drug-likeness (QED) is 0.610. The number of anilines is 1. The van der Waals surface area contributed by atoms with E-state index in [-0.39, 0.29) is 0 Å². The zero-order valence-corrected chi connectivity index (χ0v) is 9.93. The molecule has 2 aromatic heterocycles. The highest BCUT2D eigenvalue weighted by Crippen LogP contribution is 2.35. The summed E-state index contributed by atoms with van der Waals surface area (Å²) in [6, 6.07) is 3.75. The molecule has 0 saturated heterocycles. The number of rotatable bonds is 1. The lowest BCUT2D eigenvalue weighted by atomic mass is 10.2. The predicted molar refractivity (Wildman–Crippen MR) is 69.1 cm³/mol. The molecule has 3 aromatic rings. The van der Waals surface area contributed by atoms with Gasteiger partial charge >= 0.3 is 0 Å². The van der Waals surface area contributed by atoms with Crippen LogP contribution in [0.25, 0.3) is 22.4 Å². The topological polar surface area (TPSA) is 102 Å². The van der Waals surface area contributed by atoms with Crippen LogP contribution in [-0.2, 0) is 0 Å². The van der Waals surface area contributed by atoms with Crippen molar-refractivity contribution in [3.8, 4) is 22.9 Å². The molecule has 0 spiro atoms. The van der Waals surface area contributed by atoms with Crippen molar-refractivity contribution >= 4 is 16.9 Å². The van der Waals surface area contributed by atoms with Gasteiger partial charge in [-0.25, -0.2) is 4.98 Å². The van der Waals surface area contributed by atoms with E-state index in [1.807, 2.05) is 12.1 Å². The Labute approximate surface area is 107 Å². The number of nitrogens with one attached hydrogen (secondary N) is 2. The van der Waals surface area contributed by atoms with Crippen molar-refractivity contribution in [1.29, 1.82) is 0 Å². The first kappa shape index (κ1) is 10.2. The summed E-state index contributed by atoms with van der Waals surface area (Å²) in [4.78, 5) is 7.70. The highest BCUT2D eigenvalue weighted by Gasteiger charge is 2.16. The number of ether oxygens (including phenoxy) is 2. The van der Waals surface area contributed by atoms with Crippen molar-refractivity contribution in [3.63, 3.8) is 0 Å². The summed E-state index contributed by atoms with van der Waals surface area (Å²) in [7, 11) is 0. The lowest BCUT2D eigenvalue weighted by Crippen LogP contribution is -2.15. The SMILES string of the molecule is Nc1[nH]ncc1-c1nc2cc3c(cc2[nH]1)OCCO3. The highest BCUT2D eigenvalue weighted by molar-refractivity contribution is 5.84. The summed E-state index contributed by atoms with van der Waals surface area (Å²) in [6.45, 7) is 1.12. The summed E-state index contributed by atoms with van der Waals surface area (Å²) in [5, 5.41) is 6.57. The molecule has 96 valence electrons. The van der Waals surface area contributed by atoms with E-state index >= 15 is 0 Å². The Hall–Kier alpha value is -2.70. The van der Waals surface area contributed by atoms with Gasteiger partial charge in [-0.15, -0.1) is 0 Å². The van der Waals surface area contributed by atoms with E-state index < -0.39 is 0 Å². The van der Waals surface area contributed by atoms with Crippen molar-refractivity contribution in [2.45, 2.75) is 0 Å². The molecule has 1 aromatic carbocycles. The molecule has 0 atom stereocenters. The van der Waals surface area contributed by atoms with E-state index in [0.29, 0.717) is 24.9 Å². The van der Waals surface area contributed by atoms with Gasteiger partial charge in [0, 0.05) is 12.1 Å². The van der Waals surface area contributed by atoms with Crippen LogP contribution >= 0.6 is 0 Å². The Balaban J connectivity index is 1.90. The second-order valence-electron chi connectivity index (χ2n) is 4.30. The van der Waals surface area contributed by atoms with Gasteiger partial charge in [0.25, 0.3) is 0 Å². The van der Waals surface area contributed by atoms with Gasteiger partial charge in [0.05, 0.1) is 22.8 Å². The zero-order valence-electron chi connectivity index (χ0n) is 9.93. The van der Waals surface area contributed by atoms with Crippen LogP contribution in [0, 0.1) is 0 Å². The minimum absolute atomic E-state index is 0.483. The molecule has 0 fully saturated rings. The molecular weight excluding hydrogens is 246 g/mol. The monoisotopic (exact) mass is 257 g/mol. The van der Waals surface area contributed by atoms with E-state index in [2.05, 4.69) is 20.2 Å². The number of imidazole rings is 1. The molecular formula is C12H11N5O2. The molecule has 0 amide bonds. The molecule has 1 aliphatic rings. The maximum absolute atomic E-state index is 5.79. The Bertz CT molecular complexity index is 718. The number of nitrogens with two attached hydrogens (primary N) is 1. The van der Waals surface area contributed by atoms with E-state index in [1.165, 1.54) is 0 Å². The number of benzene rings is 1. The summed E-state index contributed by atoms with van der Waals surface area (Å²) >= 11 is 0. The summed E-state index contributed by atoms with van der Waals surface area (Å²) in [6.07, 6.45) is 1.64. The third-order valence-corrected chi connectivity index (χ3v) is 3.07. The Morgan fingerprint density at radius 1 is 1.16 bits per heavy atom. The van der Waals surface area contributed by atoms with Gasteiger partial charge in [0.1, 0.15) is 24.9 Å². The number of nitrogen functional groups attached to an aromatic ring is 1. The largest absolute Gasteiger partial charge is 0.486 e. The Morgan fingerprint density at radius 2 is 1.95 bits per heavy atom. The number of nitrogens with zero attached hydrogens (tertiary/aromatic N) is 2. The highest BCUT2D eigenvalue weighted by atomic mass is 16.6. The third kappa shape index (κ3) is 1.51. The number of fused-ring (bicyclic) bond motifs is 2. The summed E-state index contributed by atoms with van der Waals surface area (Å²) in [5.74, 6) is 2.60. The van der Waals surface area contributed by atoms with Gasteiger partial charge < -0.3 is 20.2 Å². The van der Waals surface area contributed by atoms with E-state index in [0.717, 1.165) is 28.1 Å². The van der Waals surface area contributed by atoms with Crippen molar-refractivity contribution in [3.05, 3.63) is 18.3 Å². The molecule has 0 unspecified atom stereocenters. The molecule has 19 heavy (non-hydrogen) atoms. The van der Waals surface area contributed by atoms with Gasteiger partial charge in [-0.2, -0.15) is 5.10 Å². The van der Waals surface area contributed by atoms with Crippen molar-refractivity contribution < 1.29 is 9.47 Å². The van der Waals surface area contributed by atoms with Crippen LogP contribution in [0.5, 0.6) is 11.5 Å². The van der Waals surface area contributed by atoms with Gasteiger partial charge in [0.15, 0.2) is 11.5 Å². The fourth-order valence-electron chi connectivity index (χ4n) is 2.16. The van der Waals surface area contributed by atoms with E-state index in [1.54, 1.807) is 6.20 Å². The Kier molecular flexibility index (Phi) is 1.96. The second-order valence-corrected chi connectivity index (χ2v) is 4.30. The van der Waals surface area contributed by atoms with Gasteiger partial charge in [-0.3, -0.25) is 5.10 Å². The fourth-order valence-corrected chi connectivity index (χ4v) is 2.16. The first-order valence-electron chi connectivity index (χ1n) is 5.90. The van der Waals surface area contributed by atoms with Gasteiger partial charge in [0.2, 0.25) is 0 Å². The molecule has 7 heteroatoms. The average molecular weight is 257 g/mol. The fraction of sp³-hybridized carbons (Fsp3) is 0.167. The van der Waals surface area contributed by atoms with Gasteiger partial charge in [-0.1, -0.05) is 0 Å². The van der Waals surface area contributed by atoms with Crippen LogP contribution < -0.4 is 15.2 Å². The van der Waals surface area contributed by atoms with E-state index in [9.17, 15) is 0 Å². The normalized spacial score (nSPS) is 13.9. The first-order chi connectivity index (χ1) is 9.31. The lowest BCUT2D eigenvalue weighted by Gasteiger charge is -2.17. The van der Waals surface area contributed by atoms with Crippen molar-refractivity contribution in [2.75, 3.05) is 18.9 Å². The Morgan fingerprint density at radius 3 is 2.68 bits per heavy atom. The molecule has 0 aliphatic carbocycles. The predicted octanol–water partition coefficient (Wildman–Crippen LogP) is 1.31. The first-order valence-corrected chi connectivity index (χ1v) is 5.90. The van der Waals surface area contributed by atoms with Crippen LogP contribution in [-0.4, -0.2) is 33.4 Å². The van der Waals surface area contributed by atoms with Crippen LogP contribution in [0.15, 0.2) is 18.3 Å². The standard InChI is InChI=1S/C12H11N5O2/c13-11-6(5-14-17-11)12-15-7-3-9-10(4-8(7)16-12)19-2-1-18-9/h3-5H,1-2H2,(H,15,16)(H3,13,14,17). The van der Waals surface area contributed by atoms with Crippen molar-refractivity contribution in [1.82, 2.24) is 20.2 Å². The maximum Gasteiger partial charge on any atom is 0.163 e. The molecule has 4 N–H and O–H groups in total. The molecule has 4 rings (SSSR count). The number of H-pyrrole nitrogens is 2. The van der Waals surface area contributed by atoms with E-state index in [4.69, 9.17) is 15.2 Å². The molecule has 1 aliphatic heterocycles. The number of aromatic nitrogens is 4. The molecule has 0 bridgehead atoms. The maximum atomic E-state index is 5.79. The smallest absolute Gasteiger partial charge is 0.163 e. The zero-order chi connectivity index (χ0) is 12.8. The minimum atomic E-state index is 0.483.